The first-order valence-corrected chi connectivity index (χ1v) is 8.96. The fourth-order valence-corrected chi connectivity index (χ4v) is 2.69. The molecule has 0 aromatic carbocycles. The maximum atomic E-state index is 12.5. The molecule has 145 valence electrons. The topological polar surface area (TPSA) is 97.2 Å². The maximum Gasteiger partial charge on any atom is 0.272 e. The summed E-state index contributed by atoms with van der Waals surface area (Å²) >= 11 is 5.54. The predicted molar refractivity (Wildman–Crippen MR) is 105 cm³/mol. The summed E-state index contributed by atoms with van der Waals surface area (Å²) in [6, 6.07) is 3.18. The number of nitrogens with zero attached hydrogens (tertiary/aromatic N) is 2. The lowest BCUT2D eigenvalue weighted by Crippen LogP contribution is -2.25. The Hall–Kier alpha value is -2.74. The number of carbonyl (C=O) groups is 3. The third kappa shape index (κ3) is 5.37. The minimum Gasteiger partial charge on any atom is -0.351 e. The fourth-order valence-electron chi connectivity index (χ4n) is 2.51. The van der Waals surface area contributed by atoms with Gasteiger partial charge in [-0.05, 0) is 18.6 Å². The highest BCUT2D eigenvalue weighted by atomic mass is 35.5. The molecule has 0 atom stereocenters. The van der Waals surface area contributed by atoms with E-state index in [0.717, 1.165) is 0 Å². The minimum atomic E-state index is -0.356. The molecule has 27 heavy (non-hydrogen) atoms. The smallest absolute Gasteiger partial charge is 0.272 e. The Bertz CT molecular complexity index is 840. The summed E-state index contributed by atoms with van der Waals surface area (Å²) in [5.74, 6) is -0.580. The van der Waals surface area contributed by atoms with E-state index in [1.165, 1.54) is 0 Å². The van der Waals surface area contributed by atoms with Gasteiger partial charge < -0.3 is 25.1 Å². The van der Waals surface area contributed by atoms with E-state index in [1.54, 1.807) is 47.8 Å². The highest BCUT2D eigenvalue weighted by molar-refractivity contribution is 6.19. The first-order valence-electron chi connectivity index (χ1n) is 8.43. The van der Waals surface area contributed by atoms with Crippen LogP contribution in [-0.2, 0) is 18.9 Å². The van der Waals surface area contributed by atoms with E-state index in [-0.39, 0.29) is 30.0 Å². The van der Waals surface area contributed by atoms with Crippen molar-refractivity contribution in [2.45, 2.75) is 12.8 Å². The van der Waals surface area contributed by atoms with Gasteiger partial charge in [-0.3, -0.25) is 14.4 Å². The Labute approximate surface area is 162 Å². The molecule has 2 rings (SSSR count). The number of anilines is 2. The SMILES string of the molecule is [CH2]CCNC(=O)c1cc(NC(=O)c2cc(NC(=O)CCCl)cn2C)cn1C. The molecule has 2 aromatic rings. The van der Waals surface area contributed by atoms with Crippen LogP contribution >= 0.6 is 11.6 Å². The summed E-state index contributed by atoms with van der Waals surface area (Å²) in [5, 5.41) is 8.18. The van der Waals surface area contributed by atoms with Crippen LogP contribution in [0, 0.1) is 6.92 Å². The number of aryl methyl sites for hydroxylation is 2. The van der Waals surface area contributed by atoms with E-state index in [9.17, 15) is 14.4 Å². The summed E-state index contributed by atoms with van der Waals surface area (Å²) in [6.45, 7) is 4.16. The Morgan fingerprint density at radius 2 is 1.56 bits per heavy atom. The van der Waals surface area contributed by atoms with Gasteiger partial charge in [0.25, 0.3) is 11.8 Å². The second-order valence-corrected chi connectivity index (χ2v) is 6.38. The molecule has 0 aliphatic heterocycles. The van der Waals surface area contributed by atoms with Gasteiger partial charge in [-0.25, -0.2) is 0 Å². The fraction of sp³-hybridized carbons (Fsp3) is 0.333. The predicted octanol–water partition coefficient (Wildman–Crippen LogP) is 2.14. The second-order valence-electron chi connectivity index (χ2n) is 6.00. The molecular formula is C18H23ClN5O3. The molecule has 9 heteroatoms. The molecule has 3 amide bonds. The quantitative estimate of drug-likeness (QED) is 0.600. The molecule has 2 aromatic heterocycles. The number of amides is 3. The third-order valence-electron chi connectivity index (χ3n) is 3.80. The Kier molecular flexibility index (Phi) is 7.06. The zero-order valence-electron chi connectivity index (χ0n) is 15.3. The van der Waals surface area contributed by atoms with Crippen LogP contribution in [-0.4, -0.2) is 39.3 Å². The van der Waals surface area contributed by atoms with Gasteiger partial charge in [0.15, 0.2) is 0 Å². The largest absolute Gasteiger partial charge is 0.351 e. The van der Waals surface area contributed by atoms with Crippen molar-refractivity contribution in [3.63, 3.8) is 0 Å². The lowest BCUT2D eigenvalue weighted by Gasteiger charge is -2.03. The molecule has 2 heterocycles. The van der Waals surface area contributed by atoms with Crippen molar-refractivity contribution in [3.8, 4) is 0 Å². The van der Waals surface area contributed by atoms with E-state index < -0.39 is 0 Å². The molecule has 8 nitrogen and oxygen atoms in total. The molecule has 0 bridgehead atoms. The average Bonchev–Trinajstić information content (AvgIpc) is 3.15. The number of halogens is 1. The van der Waals surface area contributed by atoms with Crippen LogP contribution in [0.15, 0.2) is 24.5 Å². The summed E-state index contributed by atoms with van der Waals surface area (Å²) in [5.41, 5.74) is 1.80. The van der Waals surface area contributed by atoms with E-state index >= 15 is 0 Å². The van der Waals surface area contributed by atoms with Gasteiger partial charge in [0.1, 0.15) is 11.4 Å². The zero-order chi connectivity index (χ0) is 20.0. The van der Waals surface area contributed by atoms with Crippen molar-refractivity contribution in [3.05, 3.63) is 42.8 Å². The average molecular weight is 393 g/mol. The van der Waals surface area contributed by atoms with Gasteiger partial charge >= 0.3 is 0 Å². The van der Waals surface area contributed by atoms with Gasteiger partial charge in [-0.1, -0.05) is 6.92 Å². The number of alkyl halides is 1. The van der Waals surface area contributed by atoms with E-state index in [1.807, 2.05) is 0 Å². The lowest BCUT2D eigenvalue weighted by molar-refractivity contribution is -0.115. The monoisotopic (exact) mass is 392 g/mol. The summed E-state index contributed by atoms with van der Waals surface area (Å²) < 4.78 is 3.24. The highest BCUT2D eigenvalue weighted by Crippen LogP contribution is 2.17. The Morgan fingerprint density at radius 1 is 1.00 bits per heavy atom. The molecule has 3 N–H and O–H groups in total. The van der Waals surface area contributed by atoms with Crippen LogP contribution in [0.1, 0.15) is 33.8 Å². The lowest BCUT2D eigenvalue weighted by atomic mass is 10.3. The molecule has 0 unspecified atom stereocenters. The number of aromatic nitrogens is 2. The Balaban J connectivity index is 2.08. The standard InChI is InChI=1S/C18H23ClN5O3/c1-4-7-20-17(26)14-9-13(11-23(14)2)22-18(27)15-8-12(10-24(15)3)21-16(25)5-6-19/h8-11H,1,4-7H2,2-3H3,(H,20,26)(H,21,25)(H,22,27). The molecule has 0 spiro atoms. The van der Waals surface area contributed by atoms with Crippen LogP contribution < -0.4 is 16.0 Å². The van der Waals surface area contributed by atoms with Gasteiger partial charge in [0, 0.05) is 45.3 Å². The van der Waals surface area contributed by atoms with Gasteiger partial charge in [0.05, 0.1) is 11.4 Å². The number of hydrogen-bond acceptors (Lipinski definition) is 3. The summed E-state index contributed by atoms with van der Waals surface area (Å²) in [7, 11) is 3.43. The van der Waals surface area contributed by atoms with Gasteiger partial charge in [-0.2, -0.15) is 0 Å². The van der Waals surface area contributed by atoms with Crippen LogP contribution in [0.3, 0.4) is 0 Å². The summed E-state index contributed by atoms with van der Waals surface area (Å²) in [4.78, 5) is 36.2. The van der Waals surface area contributed by atoms with Crippen molar-refractivity contribution in [1.82, 2.24) is 14.5 Å². The van der Waals surface area contributed by atoms with Crippen molar-refractivity contribution < 1.29 is 14.4 Å². The van der Waals surface area contributed by atoms with Crippen LogP contribution in [0.25, 0.3) is 0 Å². The van der Waals surface area contributed by atoms with E-state index in [4.69, 9.17) is 11.6 Å². The van der Waals surface area contributed by atoms with Crippen molar-refractivity contribution in [2.24, 2.45) is 14.1 Å². The van der Waals surface area contributed by atoms with Crippen LogP contribution in [0.2, 0.25) is 0 Å². The van der Waals surface area contributed by atoms with Crippen LogP contribution in [0.4, 0.5) is 11.4 Å². The van der Waals surface area contributed by atoms with E-state index in [0.29, 0.717) is 35.7 Å². The normalized spacial score (nSPS) is 10.5. The molecule has 0 saturated heterocycles. The first-order chi connectivity index (χ1) is 12.8. The number of rotatable bonds is 8. The van der Waals surface area contributed by atoms with E-state index in [2.05, 4.69) is 22.9 Å². The first kappa shape index (κ1) is 20.6. The molecule has 1 radical (unpaired) electrons. The molecule has 0 aliphatic rings. The van der Waals surface area contributed by atoms with Crippen molar-refractivity contribution in [1.29, 1.82) is 0 Å². The zero-order valence-corrected chi connectivity index (χ0v) is 16.1. The maximum absolute atomic E-state index is 12.5. The summed E-state index contributed by atoms with van der Waals surface area (Å²) in [6.07, 6.45) is 4.09. The van der Waals surface area contributed by atoms with Crippen molar-refractivity contribution in [2.75, 3.05) is 23.1 Å². The minimum absolute atomic E-state index is 0.195. The van der Waals surface area contributed by atoms with Gasteiger partial charge in [-0.15, -0.1) is 11.6 Å². The highest BCUT2D eigenvalue weighted by Gasteiger charge is 2.16. The number of nitrogens with one attached hydrogen (secondary N) is 3. The molecule has 0 saturated carbocycles. The molecule has 0 aliphatic carbocycles. The van der Waals surface area contributed by atoms with Gasteiger partial charge in [0.2, 0.25) is 5.91 Å². The van der Waals surface area contributed by atoms with Crippen molar-refractivity contribution >= 4 is 40.7 Å². The molecular weight excluding hydrogens is 370 g/mol. The number of carbonyl (C=O) groups excluding carboxylic acids is 3. The van der Waals surface area contributed by atoms with Crippen LogP contribution in [0.5, 0.6) is 0 Å². The third-order valence-corrected chi connectivity index (χ3v) is 3.99. The second kappa shape index (κ2) is 9.27. The molecule has 0 fully saturated rings. The number of hydrogen-bond donors (Lipinski definition) is 3. The Morgan fingerprint density at radius 3 is 2.11 bits per heavy atom.